The number of hydrogen-bond donors (Lipinski definition) is 1. The van der Waals surface area contributed by atoms with Crippen LogP contribution in [0.15, 0.2) is 84.9 Å². The Kier molecular flexibility index (Phi) is 8.24. The Morgan fingerprint density at radius 1 is 0.973 bits per heavy atom. The number of fused-ring (bicyclic) bond motifs is 1. The topological polar surface area (TPSA) is 54.5 Å². The summed E-state index contributed by atoms with van der Waals surface area (Å²) >= 11 is 12.1. The predicted octanol–water partition coefficient (Wildman–Crippen LogP) is 6.54. The van der Waals surface area contributed by atoms with Crippen LogP contribution in [0, 0.1) is 5.92 Å². The lowest BCUT2D eigenvalue weighted by molar-refractivity contribution is -0.127. The zero-order chi connectivity index (χ0) is 25.6. The number of para-hydroxylation sites is 1. The summed E-state index contributed by atoms with van der Waals surface area (Å²) in [5.74, 6) is 0.678. The molecule has 190 valence electrons. The second-order valence-corrected chi connectivity index (χ2v) is 10.2. The average molecular weight is 534 g/mol. The number of amides is 1. The number of halogens is 2. The van der Waals surface area contributed by atoms with Gasteiger partial charge in [-0.05, 0) is 61.8 Å². The van der Waals surface area contributed by atoms with Crippen molar-refractivity contribution in [2.75, 3.05) is 26.2 Å². The average Bonchev–Trinajstić information content (AvgIpc) is 2.93. The minimum Gasteiger partial charge on any atom is -0.491 e. The van der Waals surface area contributed by atoms with Gasteiger partial charge < -0.3 is 10.1 Å². The minimum atomic E-state index is -0.297. The molecular weight excluding hydrogens is 505 g/mol. The van der Waals surface area contributed by atoms with E-state index in [-0.39, 0.29) is 17.9 Å². The van der Waals surface area contributed by atoms with Gasteiger partial charge in [-0.25, -0.2) is 0 Å². The standard InChI is InChI=1S/C30H29Cl2N3O2/c31-24-11-13-28(25(32)20-24)37-19-18-35-16-14-23(15-17-35)30(36)34-29(22-7-2-1-3-8-22)27-12-10-21-6-4-5-9-26(21)33-27/h1-13,20,23,29H,14-19H2,(H,34,36). The SMILES string of the molecule is O=C(NC(c1ccccc1)c1ccc2ccccc2n1)C1CCN(CCOc2ccc(Cl)cc2Cl)CC1. The minimum absolute atomic E-state index is 0.0328. The monoisotopic (exact) mass is 533 g/mol. The van der Waals surface area contributed by atoms with Crippen molar-refractivity contribution in [3.05, 3.63) is 106 Å². The first kappa shape index (κ1) is 25.5. The second kappa shape index (κ2) is 12.0. The van der Waals surface area contributed by atoms with E-state index in [9.17, 15) is 4.79 Å². The number of benzene rings is 3. The van der Waals surface area contributed by atoms with Crippen molar-refractivity contribution in [1.29, 1.82) is 0 Å². The van der Waals surface area contributed by atoms with Crippen LogP contribution in [0.3, 0.4) is 0 Å². The Morgan fingerprint density at radius 3 is 2.51 bits per heavy atom. The lowest BCUT2D eigenvalue weighted by atomic mass is 9.94. The molecule has 1 aliphatic heterocycles. The smallest absolute Gasteiger partial charge is 0.224 e. The molecule has 1 unspecified atom stereocenters. The van der Waals surface area contributed by atoms with Crippen molar-refractivity contribution in [3.8, 4) is 5.75 Å². The van der Waals surface area contributed by atoms with Crippen molar-refractivity contribution in [2.24, 2.45) is 5.92 Å². The van der Waals surface area contributed by atoms with E-state index in [2.05, 4.69) is 16.3 Å². The molecule has 5 rings (SSSR count). The highest BCUT2D eigenvalue weighted by molar-refractivity contribution is 6.35. The summed E-state index contributed by atoms with van der Waals surface area (Å²) in [5.41, 5.74) is 2.79. The van der Waals surface area contributed by atoms with Crippen molar-refractivity contribution < 1.29 is 9.53 Å². The molecule has 0 spiro atoms. The van der Waals surface area contributed by atoms with Gasteiger partial charge in [0.05, 0.1) is 22.3 Å². The molecular formula is C30H29Cl2N3O2. The predicted molar refractivity (Wildman–Crippen MR) is 149 cm³/mol. The maximum atomic E-state index is 13.4. The fourth-order valence-corrected chi connectivity index (χ4v) is 5.23. The second-order valence-electron chi connectivity index (χ2n) is 9.32. The van der Waals surface area contributed by atoms with Crippen LogP contribution >= 0.6 is 23.2 Å². The van der Waals surface area contributed by atoms with Crippen LogP contribution in [-0.4, -0.2) is 42.0 Å². The van der Waals surface area contributed by atoms with Crippen LogP contribution < -0.4 is 10.1 Å². The van der Waals surface area contributed by atoms with Gasteiger partial charge in [0.2, 0.25) is 5.91 Å². The van der Waals surface area contributed by atoms with Crippen molar-refractivity contribution >= 4 is 40.0 Å². The number of carbonyl (C=O) groups excluding carboxylic acids is 1. The van der Waals surface area contributed by atoms with Gasteiger partial charge in [-0.1, -0.05) is 77.8 Å². The Hall–Kier alpha value is -3.12. The fraction of sp³-hybridized carbons (Fsp3) is 0.267. The summed E-state index contributed by atoms with van der Waals surface area (Å²) < 4.78 is 5.83. The normalized spacial score (nSPS) is 15.4. The fourth-order valence-electron chi connectivity index (χ4n) is 4.77. The number of ether oxygens (including phenoxy) is 1. The molecule has 1 aromatic heterocycles. The number of pyridine rings is 1. The number of rotatable bonds is 8. The maximum absolute atomic E-state index is 13.4. The van der Waals surface area contributed by atoms with Gasteiger partial charge >= 0.3 is 0 Å². The molecule has 1 fully saturated rings. The number of likely N-dealkylation sites (tertiary alicyclic amines) is 1. The van der Waals surface area contributed by atoms with E-state index in [4.69, 9.17) is 32.9 Å². The molecule has 3 aromatic carbocycles. The third kappa shape index (κ3) is 6.42. The molecule has 4 aromatic rings. The molecule has 0 saturated carbocycles. The quantitative estimate of drug-likeness (QED) is 0.279. The van der Waals surface area contributed by atoms with Gasteiger partial charge in [0.25, 0.3) is 0 Å². The lowest BCUT2D eigenvalue weighted by Gasteiger charge is -2.32. The van der Waals surface area contributed by atoms with E-state index in [0.29, 0.717) is 22.4 Å². The lowest BCUT2D eigenvalue weighted by Crippen LogP contribution is -2.43. The Labute approximate surface area is 227 Å². The van der Waals surface area contributed by atoms with Gasteiger partial charge in [0.15, 0.2) is 0 Å². The highest BCUT2D eigenvalue weighted by Gasteiger charge is 2.28. The largest absolute Gasteiger partial charge is 0.491 e. The zero-order valence-corrected chi connectivity index (χ0v) is 22.0. The summed E-state index contributed by atoms with van der Waals surface area (Å²) in [6, 6.07) is 27.1. The van der Waals surface area contributed by atoms with E-state index in [1.54, 1.807) is 18.2 Å². The van der Waals surface area contributed by atoms with Gasteiger partial charge in [0.1, 0.15) is 12.4 Å². The molecule has 1 saturated heterocycles. The third-order valence-electron chi connectivity index (χ3n) is 6.85. The summed E-state index contributed by atoms with van der Waals surface area (Å²) in [6.07, 6.45) is 1.61. The van der Waals surface area contributed by atoms with Gasteiger partial charge in [0, 0.05) is 22.9 Å². The first-order valence-electron chi connectivity index (χ1n) is 12.6. The maximum Gasteiger partial charge on any atom is 0.224 e. The van der Waals surface area contributed by atoms with Crippen LogP contribution in [-0.2, 0) is 4.79 Å². The van der Waals surface area contributed by atoms with Crippen molar-refractivity contribution in [1.82, 2.24) is 15.2 Å². The third-order valence-corrected chi connectivity index (χ3v) is 7.38. The molecule has 0 radical (unpaired) electrons. The molecule has 1 atom stereocenters. The van der Waals surface area contributed by atoms with Crippen LogP contribution in [0.1, 0.15) is 30.1 Å². The van der Waals surface area contributed by atoms with E-state index < -0.39 is 0 Å². The molecule has 1 aliphatic rings. The summed E-state index contributed by atoms with van der Waals surface area (Å²) in [4.78, 5) is 20.6. The number of piperidine rings is 1. The van der Waals surface area contributed by atoms with Crippen LogP contribution in [0.25, 0.3) is 10.9 Å². The van der Waals surface area contributed by atoms with E-state index >= 15 is 0 Å². The molecule has 7 heteroatoms. The Balaban J connectivity index is 1.19. The van der Waals surface area contributed by atoms with Crippen LogP contribution in [0.5, 0.6) is 5.75 Å². The molecule has 5 nitrogen and oxygen atoms in total. The molecule has 2 heterocycles. The number of carbonyl (C=O) groups is 1. The highest BCUT2D eigenvalue weighted by Crippen LogP contribution is 2.28. The first-order chi connectivity index (χ1) is 18.1. The molecule has 1 N–H and O–H groups in total. The van der Waals surface area contributed by atoms with Gasteiger partial charge in [-0.2, -0.15) is 0 Å². The Morgan fingerprint density at radius 2 is 1.73 bits per heavy atom. The van der Waals surface area contributed by atoms with Gasteiger partial charge in [-0.15, -0.1) is 0 Å². The Bertz CT molecular complexity index is 1360. The molecule has 1 amide bonds. The van der Waals surface area contributed by atoms with Gasteiger partial charge in [-0.3, -0.25) is 14.7 Å². The summed E-state index contributed by atoms with van der Waals surface area (Å²) in [5, 5.41) is 5.48. The molecule has 37 heavy (non-hydrogen) atoms. The van der Waals surface area contributed by atoms with E-state index in [1.165, 1.54) is 0 Å². The molecule has 0 aliphatic carbocycles. The first-order valence-corrected chi connectivity index (χ1v) is 13.3. The number of nitrogens with zero attached hydrogens (tertiary/aromatic N) is 2. The van der Waals surface area contributed by atoms with Crippen LogP contribution in [0.4, 0.5) is 0 Å². The number of hydrogen-bond acceptors (Lipinski definition) is 4. The van der Waals surface area contributed by atoms with E-state index in [1.807, 2.05) is 60.7 Å². The molecule has 0 bridgehead atoms. The summed E-state index contributed by atoms with van der Waals surface area (Å²) in [7, 11) is 0. The highest BCUT2D eigenvalue weighted by atomic mass is 35.5. The van der Waals surface area contributed by atoms with E-state index in [0.717, 1.165) is 54.6 Å². The number of aromatic nitrogens is 1. The zero-order valence-electron chi connectivity index (χ0n) is 20.4. The number of nitrogens with one attached hydrogen (secondary N) is 1. The van der Waals surface area contributed by atoms with Crippen molar-refractivity contribution in [3.63, 3.8) is 0 Å². The van der Waals surface area contributed by atoms with Crippen molar-refractivity contribution in [2.45, 2.75) is 18.9 Å². The van der Waals surface area contributed by atoms with Crippen LogP contribution in [0.2, 0.25) is 10.0 Å². The summed E-state index contributed by atoms with van der Waals surface area (Å²) in [6.45, 7) is 3.00.